The monoisotopic (exact) mass is 409 g/mol. The van der Waals surface area contributed by atoms with E-state index in [0.717, 1.165) is 18.5 Å². The minimum absolute atomic E-state index is 0.451. The van der Waals surface area contributed by atoms with Gasteiger partial charge in [-0.15, -0.1) is 12.6 Å². The van der Waals surface area contributed by atoms with Crippen LogP contribution in [0.4, 0.5) is 0 Å². The minimum Gasteiger partial charge on any atom is -0.344 e. The fourth-order valence-corrected chi connectivity index (χ4v) is 5.50. The molecule has 2 unspecified atom stereocenters. The zero-order chi connectivity index (χ0) is 19.7. The summed E-state index contributed by atoms with van der Waals surface area (Å²) in [6.45, 7) is 5.70. The predicted molar refractivity (Wildman–Crippen MR) is 129 cm³/mol. The van der Waals surface area contributed by atoms with Crippen LogP contribution < -0.4 is 0 Å². The Bertz CT molecular complexity index is 928. The van der Waals surface area contributed by atoms with Crippen LogP contribution in [0.3, 0.4) is 0 Å². The quantitative estimate of drug-likeness (QED) is 0.395. The summed E-state index contributed by atoms with van der Waals surface area (Å²) in [7, 11) is 0. The maximum absolute atomic E-state index is 5.38. The minimum atomic E-state index is 0.451. The highest BCUT2D eigenvalue weighted by Gasteiger charge is 2.30. The molecule has 0 amide bonds. The van der Waals surface area contributed by atoms with Crippen molar-refractivity contribution < 1.29 is 0 Å². The van der Waals surface area contributed by atoms with Crippen LogP contribution in [0.2, 0.25) is 0 Å². The normalized spacial score (nSPS) is 22.8. The van der Waals surface area contributed by atoms with Crippen LogP contribution in [-0.4, -0.2) is 8.76 Å². The van der Waals surface area contributed by atoms with Crippen LogP contribution in [0.1, 0.15) is 81.0 Å². The van der Waals surface area contributed by atoms with Crippen LogP contribution in [0.25, 0.3) is 10.9 Å². The molecule has 0 aliphatic heterocycles. The van der Waals surface area contributed by atoms with E-state index in [2.05, 4.69) is 73.5 Å². The summed E-state index contributed by atoms with van der Waals surface area (Å²) >= 11 is 9.83. The van der Waals surface area contributed by atoms with Crippen molar-refractivity contribution in [1.29, 1.82) is 0 Å². The average molecular weight is 410 g/mol. The molecule has 2 aliphatic rings. The Kier molecular flexibility index (Phi) is 6.13. The van der Waals surface area contributed by atoms with E-state index in [1.807, 2.05) is 0 Å². The van der Waals surface area contributed by atoms with Gasteiger partial charge in [0.25, 0.3) is 0 Å². The van der Waals surface area contributed by atoms with Gasteiger partial charge in [-0.05, 0) is 42.7 Å². The van der Waals surface area contributed by atoms with Gasteiger partial charge in [-0.1, -0.05) is 81.8 Å². The molecule has 2 aromatic rings. The maximum Gasteiger partial charge on any atom is 0.0748 e. The fraction of sp³-hybridized carbons (Fsp3) is 0.480. The lowest BCUT2D eigenvalue weighted by Crippen LogP contribution is -2.17. The fourth-order valence-electron chi connectivity index (χ4n) is 5.23. The van der Waals surface area contributed by atoms with E-state index in [9.17, 15) is 0 Å². The SMILES string of the molecule is CCCn1c(C2C=CC=CC2C)c(C2CCCCC2)c2ccc(C(=S)S)cc21. The maximum atomic E-state index is 5.38. The largest absolute Gasteiger partial charge is 0.344 e. The van der Waals surface area contributed by atoms with E-state index >= 15 is 0 Å². The molecule has 2 aliphatic carbocycles. The Hall–Kier alpha value is -1.32. The van der Waals surface area contributed by atoms with Crippen LogP contribution in [-0.2, 0) is 6.54 Å². The van der Waals surface area contributed by atoms with Crippen LogP contribution in [0.5, 0.6) is 0 Å². The third kappa shape index (κ3) is 3.64. The summed E-state index contributed by atoms with van der Waals surface area (Å²) in [6, 6.07) is 6.77. The number of allylic oxidation sites excluding steroid dienone is 4. The molecule has 0 spiro atoms. The van der Waals surface area contributed by atoms with E-state index < -0.39 is 0 Å². The van der Waals surface area contributed by atoms with Gasteiger partial charge >= 0.3 is 0 Å². The average Bonchev–Trinajstić information content (AvgIpc) is 3.02. The molecule has 0 N–H and O–H groups in total. The zero-order valence-corrected chi connectivity index (χ0v) is 18.7. The van der Waals surface area contributed by atoms with Gasteiger partial charge < -0.3 is 4.57 Å². The van der Waals surface area contributed by atoms with E-state index in [1.54, 1.807) is 11.3 Å². The molecule has 0 bridgehead atoms. The lowest BCUT2D eigenvalue weighted by atomic mass is 9.78. The van der Waals surface area contributed by atoms with Crippen molar-refractivity contribution in [3.63, 3.8) is 0 Å². The van der Waals surface area contributed by atoms with Crippen molar-refractivity contribution in [1.82, 2.24) is 4.57 Å². The van der Waals surface area contributed by atoms with Gasteiger partial charge in [0.15, 0.2) is 0 Å². The lowest BCUT2D eigenvalue weighted by Gasteiger charge is -2.29. The van der Waals surface area contributed by atoms with Crippen LogP contribution >= 0.6 is 24.8 Å². The molecule has 2 atom stereocenters. The highest BCUT2D eigenvalue weighted by Crippen LogP contribution is 2.45. The Labute approximate surface area is 180 Å². The topological polar surface area (TPSA) is 4.93 Å². The van der Waals surface area contributed by atoms with Gasteiger partial charge in [0.1, 0.15) is 0 Å². The molecule has 3 heteroatoms. The third-order valence-corrected chi connectivity index (χ3v) is 7.07. The molecule has 1 saturated carbocycles. The Morgan fingerprint density at radius 1 is 1.14 bits per heavy atom. The first-order valence-electron chi connectivity index (χ1n) is 10.9. The smallest absolute Gasteiger partial charge is 0.0748 e. The first-order chi connectivity index (χ1) is 13.6. The van der Waals surface area contributed by atoms with E-state index in [-0.39, 0.29) is 0 Å². The molecule has 148 valence electrons. The second-order valence-corrected chi connectivity index (χ2v) is 9.64. The number of benzene rings is 1. The van der Waals surface area contributed by atoms with Gasteiger partial charge in [0, 0.05) is 34.6 Å². The van der Waals surface area contributed by atoms with E-state index in [4.69, 9.17) is 12.2 Å². The van der Waals surface area contributed by atoms with Crippen molar-refractivity contribution in [2.24, 2.45) is 5.92 Å². The summed E-state index contributed by atoms with van der Waals surface area (Å²) < 4.78 is 3.29. The highest BCUT2D eigenvalue weighted by atomic mass is 32.1. The van der Waals surface area contributed by atoms with Gasteiger partial charge in [-0.25, -0.2) is 0 Å². The Balaban J connectivity index is 1.99. The van der Waals surface area contributed by atoms with Crippen molar-refractivity contribution in [3.05, 3.63) is 59.3 Å². The Morgan fingerprint density at radius 2 is 1.89 bits per heavy atom. The highest BCUT2D eigenvalue weighted by molar-refractivity contribution is 8.11. The molecule has 1 aromatic heterocycles. The van der Waals surface area contributed by atoms with Gasteiger partial charge in [-0.3, -0.25) is 0 Å². The number of nitrogens with zero attached hydrogens (tertiary/aromatic N) is 1. The molecular weight excluding hydrogens is 378 g/mol. The summed E-state index contributed by atoms with van der Waals surface area (Å²) in [6.07, 6.45) is 17.1. The van der Waals surface area contributed by atoms with Gasteiger partial charge in [-0.2, -0.15) is 0 Å². The first-order valence-corrected chi connectivity index (χ1v) is 11.7. The zero-order valence-electron chi connectivity index (χ0n) is 17.0. The molecule has 1 nitrogen and oxygen atoms in total. The van der Waals surface area contributed by atoms with Gasteiger partial charge in [0.2, 0.25) is 0 Å². The van der Waals surface area contributed by atoms with Crippen molar-refractivity contribution in [3.8, 4) is 0 Å². The van der Waals surface area contributed by atoms with Crippen LogP contribution in [0, 0.1) is 5.92 Å². The number of hydrogen-bond acceptors (Lipinski definition) is 1. The second kappa shape index (κ2) is 8.59. The molecule has 0 radical (unpaired) electrons. The molecule has 0 saturated heterocycles. The van der Waals surface area contributed by atoms with Crippen molar-refractivity contribution >= 4 is 39.9 Å². The summed E-state index contributed by atoms with van der Waals surface area (Å²) in [5.41, 5.74) is 5.59. The standard InChI is InChI=1S/C25H31NS2/c1-3-15-26-22-16-19(25(27)28)13-14-21(22)23(18-10-5-4-6-11-18)24(26)20-12-8-7-9-17(20)2/h7-9,12-14,16-18,20H,3-6,10-11,15H2,1-2H3,(H,27,28). The molecule has 28 heavy (non-hydrogen) atoms. The third-order valence-electron chi connectivity index (χ3n) is 6.58. The number of thiocarbonyl (C=S) groups is 1. The summed E-state index contributed by atoms with van der Waals surface area (Å²) in [4.78, 5) is 0. The molecular formula is C25H31NS2. The number of rotatable bonds is 5. The number of hydrogen-bond donors (Lipinski definition) is 1. The number of thiol groups is 1. The van der Waals surface area contributed by atoms with E-state index in [1.165, 1.54) is 43.0 Å². The Morgan fingerprint density at radius 3 is 2.57 bits per heavy atom. The summed E-state index contributed by atoms with van der Waals surface area (Å²) in [5, 5.41) is 1.44. The molecule has 1 fully saturated rings. The van der Waals surface area contributed by atoms with Crippen LogP contribution in [0.15, 0.2) is 42.5 Å². The lowest BCUT2D eigenvalue weighted by molar-refractivity contribution is 0.437. The summed E-state index contributed by atoms with van der Waals surface area (Å²) in [5.74, 6) is 1.66. The number of aryl methyl sites for hydroxylation is 1. The molecule has 1 aromatic carbocycles. The number of fused-ring (bicyclic) bond motifs is 1. The van der Waals surface area contributed by atoms with E-state index in [0.29, 0.717) is 22.0 Å². The molecule has 4 rings (SSSR count). The number of aromatic nitrogens is 1. The molecule has 1 heterocycles. The second-order valence-electron chi connectivity index (χ2n) is 8.48. The first kappa shape index (κ1) is 20.0. The predicted octanol–water partition coefficient (Wildman–Crippen LogP) is 7.55. The van der Waals surface area contributed by atoms with Crippen molar-refractivity contribution in [2.45, 2.75) is 70.8 Å². The van der Waals surface area contributed by atoms with Gasteiger partial charge in [0.05, 0.1) is 4.20 Å². The van der Waals surface area contributed by atoms with Crippen molar-refractivity contribution in [2.75, 3.05) is 0 Å².